The van der Waals surface area contributed by atoms with Crippen LogP contribution < -0.4 is 0 Å². The quantitative estimate of drug-likeness (QED) is 0.262. The zero-order valence-electron chi connectivity index (χ0n) is 29.1. The Kier molecular flexibility index (Phi) is 7.00. The zero-order valence-corrected chi connectivity index (χ0v) is 31.5. The van der Waals surface area contributed by atoms with E-state index >= 15 is 0 Å². The van der Waals surface area contributed by atoms with Crippen LogP contribution in [0.4, 0.5) is 0 Å². The molecule has 0 N–H and O–H groups in total. The molecular formula is C41H56Zr. The van der Waals surface area contributed by atoms with E-state index in [0.29, 0.717) is 0 Å². The van der Waals surface area contributed by atoms with Crippen LogP contribution >= 0.6 is 0 Å². The molecule has 4 aliphatic carbocycles. The second-order valence-corrected chi connectivity index (χ2v) is 25.9. The van der Waals surface area contributed by atoms with Crippen LogP contribution in [-0.4, -0.2) is 3.21 Å². The summed E-state index contributed by atoms with van der Waals surface area (Å²) in [6, 6.07) is 10.6. The van der Waals surface area contributed by atoms with Gasteiger partial charge in [0.1, 0.15) is 0 Å². The summed E-state index contributed by atoms with van der Waals surface area (Å²) in [4.78, 5) is 0. The van der Waals surface area contributed by atoms with Crippen LogP contribution in [0.1, 0.15) is 149 Å². The molecule has 1 atom stereocenters. The molecule has 0 amide bonds. The van der Waals surface area contributed by atoms with Gasteiger partial charge in [-0.25, -0.2) is 0 Å². The number of fused-ring (bicyclic) bond motifs is 5. The van der Waals surface area contributed by atoms with Crippen LogP contribution in [0.2, 0.25) is 3.63 Å². The summed E-state index contributed by atoms with van der Waals surface area (Å²) in [6.45, 7) is 32.3. The molecular weight excluding hydrogens is 584 g/mol. The van der Waals surface area contributed by atoms with Crippen molar-refractivity contribution in [2.75, 3.05) is 0 Å². The molecule has 1 heteroatoms. The van der Waals surface area contributed by atoms with Crippen molar-refractivity contribution in [2.24, 2.45) is 5.41 Å². The molecule has 0 aliphatic heterocycles. The fourth-order valence-electron chi connectivity index (χ4n) is 9.05. The maximum atomic E-state index is 2.70. The first kappa shape index (κ1) is 30.7. The zero-order chi connectivity index (χ0) is 30.8. The number of hydrogen-bond acceptors (Lipinski definition) is 0. The van der Waals surface area contributed by atoms with Gasteiger partial charge in [-0.2, -0.15) is 0 Å². The van der Waals surface area contributed by atoms with Crippen LogP contribution in [0.25, 0.3) is 11.1 Å². The SMILES string of the molecule is C[C](C)=[Zr]([C]1=CC(C(C)(C)C)=CC1)[CH]1CC(C)(C)c2cc3c(cc2C1(C)C)Cc1cc2c(cc1-3)C(C)(C)CCC2(C)C. The molecule has 0 heterocycles. The van der Waals surface area contributed by atoms with Crippen LogP contribution in [-0.2, 0) is 49.3 Å². The van der Waals surface area contributed by atoms with Crippen LogP contribution in [0, 0.1) is 5.41 Å². The van der Waals surface area contributed by atoms with Crippen molar-refractivity contribution >= 4 is 3.21 Å². The molecule has 0 saturated carbocycles. The van der Waals surface area contributed by atoms with Gasteiger partial charge in [-0.05, 0) is 0 Å². The number of allylic oxidation sites excluding steroid dienone is 4. The Balaban J connectivity index is 1.47. The number of hydrogen-bond donors (Lipinski definition) is 0. The second kappa shape index (κ2) is 9.59. The fraction of sp³-hybridized carbons (Fsp3) is 0.585. The monoisotopic (exact) mass is 638 g/mol. The molecule has 1 unspecified atom stereocenters. The van der Waals surface area contributed by atoms with Crippen molar-refractivity contribution in [2.45, 2.75) is 147 Å². The van der Waals surface area contributed by atoms with E-state index in [1.54, 1.807) is 42.2 Å². The van der Waals surface area contributed by atoms with E-state index in [1.807, 2.05) is 3.28 Å². The van der Waals surface area contributed by atoms with Crippen molar-refractivity contribution in [1.82, 2.24) is 0 Å². The fourth-order valence-corrected chi connectivity index (χ4v) is 18.9. The molecule has 224 valence electrons. The average molecular weight is 640 g/mol. The Morgan fingerprint density at radius 2 is 1.21 bits per heavy atom. The van der Waals surface area contributed by atoms with E-state index in [1.165, 1.54) is 36.8 Å². The van der Waals surface area contributed by atoms with E-state index < -0.39 is 21.3 Å². The molecule has 2 aromatic rings. The summed E-state index contributed by atoms with van der Waals surface area (Å²) in [6.07, 6.45) is 11.4. The first-order valence-electron chi connectivity index (χ1n) is 16.7. The Morgan fingerprint density at radius 1 is 0.714 bits per heavy atom. The number of benzene rings is 2. The van der Waals surface area contributed by atoms with Crippen LogP contribution in [0.3, 0.4) is 0 Å². The maximum absolute atomic E-state index is 2.70. The molecule has 0 spiro atoms. The van der Waals surface area contributed by atoms with Gasteiger partial charge < -0.3 is 0 Å². The van der Waals surface area contributed by atoms with Crippen molar-refractivity contribution in [1.29, 1.82) is 0 Å². The summed E-state index contributed by atoms with van der Waals surface area (Å²) < 4.78 is 4.39. The predicted octanol–water partition coefficient (Wildman–Crippen LogP) is 11.4. The minimum absolute atomic E-state index is 0.184. The van der Waals surface area contributed by atoms with Gasteiger partial charge in [0, 0.05) is 0 Å². The van der Waals surface area contributed by atoms with E-state index in [0.717, 1.165) is 10.0 Å². The van der Waals surface area contributed by atoms with Gasteiger partial charge in [0.05, 0.1) is 0 Å². The molecule has 42 heavy (non-hydrogen) atoms. The van der Waals surface area contributed by atoms with Crippen LogP contribution in [0.15, 0.2) is 45.3 Å². The molecule has 0 nitrogen and oxygen atoms in total. The molecule has 4 aliphatic rings. The predicted molar refractivity (Wildman–Crippen MR) is 181 cm³/mol. The first-order chi connectivity index (χ1) is 19.2. The summed E-state index contributed by atoms with van der Waals surface area (Å²) in [5.41, 5.74) is 15.4. The van der Waals surface area contributed by atoms with Crippen molar-refractivity contribution in [3.63, 3.8) is 0 Å². The Morgan fingerprint density at radius 3 is 1.71 bits per heavy atom. The van der Waals surface area contributed by atoms with Gasteiger partial charge in [0.15, 0.2) is 0 Å². The van der Waals surface area contributed by atoms with Gasteiger partial charge in [0.25, 0.3) is 0 Å². The summed E-state index contributed by atoms with van der Waals surface area (Å²) in [5, 5.41) is 0. The van der Waals surface area contributed by atoms with E-state index in [2.05, 4.69) is 126 Å². The minimum atomic E-state index is -2.08. The van der Waals surface area contributed by atoms with Gasteiger partial charge >= 0.3 is 267 Å². The first-order valence-corrected chi connectivity index (χ1v) is 20.6. The molecule has 0 bridgehead atoms. The molecule has 0 saturated heterocycles. The number of rotatable bonds is 2. The molecule has 6 rings (SSSR count). The third-order valence-electron chi connectivity index (χ3n) is 12.0. The third kappa shape index (κ3) is 4.73. The molecule has 0 radical (unpaired) electrons. The van der Waals surface area contributed by atoms with E-state index in [-0.39, 0.29) is 27.1 Å². The van der Waals surface area contributed by atoms with E-state index in [9.17, 15) is 0 Å². The Hall–Kier alpha value is -1.33. The topological polar surface area (TPSA) is 0 Å². The normalized spacial score (nSPS) is 24.2. The molecule has 0 fully saturated rings. The third-order valence-corrected chi connectivity index (χ3v) is 21.2. The summed E-state index contributed by atoms with van der Waals surface area (Å²) in [7, 11) is 0. The standard InChI is InChI=1S/C29H37.C9H13.C3H6.Zr/c1-26(2)9-11-28(5,6)24-16-20-18(14-22(24)26)13-19-15-23-25(17-21(19)20)29(7,8)12-10-27(23,3)4;1-9(2,3)8-6-4-5-7-8;1-3-2;/h9,14-17H,10-13H2,1-8H3;6-7H,4H2,1-3H3;1-2H3;. The average Bonchev–Trinajstić information content (AvgIpc) is 3.49. The van der Waals surface area contributed by atoms with Gasteiger partial charge in [-0.1, -0.05) is 0 Å². The molecule has 2 aromatic carbocycles. The summed E-state index contributed by atoms with van der Waals surface area (Å²) in [5.74, 6) is 0. The summed E-state index contributed by atoms with van der Waals surface area (Å²) >= 11 is -2.08. The molecule has 0 aromatic heterocycles. The Bertz CT molecular complexity index is 1580. The Labute approximate surface area is 265 Å². The van der Waals surface area contributed by atoms with E-state index in [4.69, 9.17) is 0 Å². The second-order valence-electron chi connectivity index (χ2n) is 18.1. The van der Waals surface area contributed by atoms with Gasteiger partial charge in [0.2, 0.25) is 0 Å². The van der Waals surface area contributed by atoms with Crippen molar-refractivity contribution in [3.8, 4) is 11.1 Å². The van der Waals surface area contributed by atoms with Gasteiger partial charge in [-0.15, -0.1) is 0 Å². The van der Waals surface area contributed by atoms with Gasteiger partial charge in [-0.3, -0.25) is 0 Å². The van der Waals surface area contributed by atoms with Crippen molar-refractivity contribution < 1.29 is 21.3 Å². The van der Waals surface area contributed by atoms with Crippen LogP contribution in [0.5, 0.6) is 0 Å². The van der Waals surface area contributed by atoms with Crippen molar-refractivity contribution in [3.05, 3.63) is 78.7 Å².